The molecule has 1 aliphatic rings. The van der Waals surface area contributed by atoms with E-state index in [9.17, 15) is 4.79 Å². The minimum Gasteiger partial charge on any atom is -0.352 e. The summed E-state index contributed by atoms with van der Waals surface area (Å²) in [6.07, 6.45) is 5.60. The lowest BCUT2D eigenvalue weighted by atomic mass is 10.3. The highest BCUT2D eigenvalue weighted by molar-refractivity contribution is 8.00. The molecule has 0 unspecified atom stereocenters. The minimum absolute atomic E-state index is 0.0489. The van der Waals surface area contributed by atoms with Gasteiger partial charge in [0, 0.05) is 24.0 Å². The molecule has 0 bridgehead atoms. The van der Waals surface area contributed by atoms with Gasteiger partial charge in [0.25, 0.3) is 0 Å². The number of nitrogens with zero attached hydrogens (tertiary/aromatic N) is 3. The van der Waals surface area contributed by atoms with E-state index in [0.29, 0.717) is 17.0 Å². The zero-order valence-electron chi connectivity index (χ0n) is 11.0. The van der Waals surface area contributed by atoms with E-state index >= 15 is 0 Å². The molecule has 104 valence electrons. The van der Waals surface area contributed by atoms with Crippen molar-refractivity contribution in [3.05, 3.63) is 24.5 Å². The van der Waals surface area contributed by atoms with Crippen molar-refractivity contribution >= 4 is 17.7 Å². The number of amides is 1. The van der Waals surface area contributed by atoms with Gasteiger partial charge in [-0.3, -0.25) is 14.9 Å². The van der Waals surface area contributed by atoms with Crippen molar-refractivity contribution in [1.29, 1.82) is 0 Å². The number of nitrogens with one attached hydrogen (secondary N) is 2. The fourth-order valence-electron chi connectivity index (χ4n) is 1.70. The molecule has 2 N–H and O–H groups in total. The highest BCUT2D eigenvalue weighted by Crippen LogP contribution is 2.24. The number of thioether (sulfide) groups is 1. The lowest BCUT2D eigenvalue weighted by molar-refractivity contribution is -0.120. The van der Waals surface area contributed by atoms with Gasteiger partial charge in [-0.05, 0) is 31.9 Å². The summed E-state index contributed by atoms with van der Waals surface area (Å²) >= 11 is 1.36. The van der Waals surface area contributed by atoms with Crippen molar-refractivity contribution in [3.63, 3.8) is 0 Å². The largest absolute Gasteiger partial charge is 0.352 e. The molecule has 0 radical (unpaired) electrons. The second-order valence-corrected chi connectivity index (χ2v) is 6.05. The average molecular weight is 289 g/mol. The Morgan fingerprint density at radius 2 is 2.20 bits per heavy atom. The van der Waals surface area contributed by atoms with Crippen molar-refractivity contribution in [3.8, 4) is 11.4 Å². The third-order valence-corrected chi connectivity index (χ3v) is 3.95. The predicted octanol–water partition coefficient (Wildman–Crippen LogP) is 1.63. The maximum Gasteiger partial charge on any atom is 0.233 e. The summed E-state index contributed by atoms with van der Waals surface area (Å²) in [5.74, 6) is 0.734. The fraction of sp³-hybridized carbons (Fsp3) is 0.385. The van der Waals surface area contributed by atoms with Gasteiger partial charge in [-0.1, -0.05) is 11.8 Å². The molecule has 1 saturated carbocycles. The van der Waals surface area contributed by atoms with Crippen LogP contribution in [0, 0.1) is 0 Å². The smallest absolute Gasteiger partial charge is 0.233 e. The Balaban J connectivity index is 1.63. The number of aromatic nitrogens is 4. The van der Waals surface area contributed by atoms with Crippen LogP contribution in [0.3, 0.4) is 0 Å². The Hall–Kier alpha value is -1.89. The van der Waals surface area contributed by atoms with Crippen LogP contribution in [0.5, 0.6) is 0 Å². The van der Waals surface area contributed by atoms with Gasteiger partial charge in [-0.15, -0.1) is 5.10 Å². The van der Waals surface area contributed by atoms with Gasteiger partial charge in [0.1, 0.15) is 0 Å². The van der Waals surface area contributed by atoms with E-state index in [0.717, 1.165) is 18.4 Å². The van der Waals surface area contributed by atoms with Crippen LogP contribution in [0.4, 0.5) is 0 Å². The Morgan fingerprint density at radius 1 is 1.45 bits per heavy atom. The topological polar surface area (TPSA) is 83.6 Å². The number of hydrogen-bond acceptors (Lipinski definition) is 5. The zero-order chi connectivity index (χ0) is 13.9. The van der Waals surface area contributed by atoms with E-state index in [2.05, 4.69) is 25.5 Å². The first-order valence-corrected chi connectivity index (χ1v) is 7.40. The summed E-state index contributed by atoms with van der Waals surface area (Å²) in [6, 6.07) is 4.10. The third kappa shape index (κ3) is 3.16. The van der Waals surface area contributed by atoms with Crippen molar-refractivity contribution in [2.45, 2.75) is 36.2 Å². The molecule has 20 heavy (non-hydrogen) atoms. The van der Waals surface area contributed by atoms with Crippen LogP contribution in [-0.4, -0.2) is 37.4 Å². The molecule has 6 nitrogen and oxygen atoms in total. The highest BCUT2D eigenvalue weighted by atomic mass is 32.2. The predicted molar refractivity (Wildman–Crippen MR) is 76.1 cm³/mol. The van der Waals surface area contributed by atoms with Gasteiger partial charge >= 0.3 is 0 Å². The number of carbonyl (C=O) groups is 1. The maximum absolute atomic E-state index is 11.9. The lowest BCUT2D eigenvalue weighted by Gasteiger charge is -2.08. The van der Waals surface area contributed by atoms with Crippen LogP contribution in [0.25, 0.3) is 11.4 Å². The number of pyridine rings is 1. The Bertz CT molecular complexity index is 596. The second-order valence-electron chi connectivity index (χ2n) is 4.75. The van der Waals surface area contributed by atoms with Crippen LogP contribution in [0.1, 0.15) is 19.8 Å². The van der Waals surface area contributed by atoms with Crippen molar-refractivity contribution < 1.29 is 4.79 Å². The molecule has 0 aliphatic heterocycles. The molecule has 1 aliphatic carbocycles. The van der Waals surface area contributed by atoms with Gasteiger partial charge in [-0.2, -0.15) is 0 Å². The van der Waals surface area contributed by atoms with E-state index < -0.39 is 0 Å². The van der Waals surface area contributed by atoms with Crippen LogP contribution < -0.4 is 5.32 Å². The molecule has 1 amide bonds. The molecule has 3 rings (SSSR count). The fourth-order valence-corrected chi connectivity index (χ4v) is 2.43. The average Bonchev–Trinajstić information content (AvgIpc) is 3.16. The highest BCUT2D eigenvalue weighted by Gasteiger charge is 2.26. The first-order chi connectivity index (χ1) is 9.72. The standard InChI is InChI=1S/C13H15N5OS/c1-8(12(19)15-10-2-3-10)20-13-16-11(17-18-13)9-4-6-14-7-5-9/h4-8,10H,2-3H2,1H3,(H,15,19)(H,16,17,18)/t8-/m0/s1. The number of rotatable bonds is 5. The molecule has 2 aromatic heterocycles. The zero-order valence-corrected chi connectivity index (χ0v) is 11.9. The molecule has 0 saturated heterocycles. The van der Waals surface area contributed by atoms with Crippen LogP contribution in [-0.2, 0) is 4.79 Å². The van der Waals surface area contributed by atoms with Crippen molar-refractivity contribution in [1.82, 2.24) is 25.5 Å². The van der Waals surface area contributed by atoms with Crippen molar-refractivity contribution in [2.24, 2.45) is 0 Å². The van der Waals surface area contributed by atoms with Gasteiger partial charge in [-0.25, -0.2) is 4.98 Å². The summed E-state index contributed by atoms with van der Waals surface area (Å²) in [5, 5.41) is 10.4. The summed E-state index contributed by atoms with van der Waals surface area (Å²) in [7, 11) is 0. The van der Waals surface area contributed by atoms with Crippen molar-refractivity contribution in [2.75, 3.05) is 0 Å². The molecule has 0 spiro atoms. The summed E-state index contributed by atoms with van der Waals surface area (Å²) in [4.78, 5) is 20.2. The number of H-pyrrole nitrogens is 1. The van der Waals surface area contributed by atoms with E-state index in [1.807, 2.05) is 19.1 Å². The van der Waals surface area contributed by atoms with Crippen LogP contribution in [0.2, 0.25) is 0 Å². The number of aromatic amines is 1. The number of carbonyl (C=O) groups excluding carboxylic acids is 1. The van der Waals surface area contributed by atoms with E-state index in [1.165, 1.54) is 11.8 Å². The normalized spacial score (nSPS) is 15.8. The monoisotopic (exact) mass is 289 g/mol. The molecule has 1 atom stereocenters. The molecule has 2 heterocycles. The molecular formula is C13H15N5OS. The first-order valence-electron chi connectivity index (χ1n) is 6.52. The quantitative estimate of drug-likeness (QED) is 0.817. The van der Waals surface area contributed by atoms with Gasteiger partial charge < -0.3 is 5.32 Å². The van der Waals surface area contributed by atoms with Crippen LogP contribution in [0.15, 0.2) is 29.7 Å². The SMILES string of the molecule is C[C@H](Sc1n[nH]c(-c2ccncc2)n1)C(=O)NC1CC1. The Labute approximate surface area is 120 Å². The number of hydrogen-bond donors (Lipinski definition) is 2. The van der Waals surface area contributed by atoms with Gasteiger partial charge in [0.15, 0.2) is 5.82 Å². The Kier molecular flexibility index (Phi) is 3.68. The van der Waals surface area contributed by atoms with E-state index in [4.69, 9.17) is 0 Å². The molecule has 1 fully saturated rings. The van der Waals surface area contributed by atoms with Gasteiger partial charge in [0.05, 0.1) is 5.25 Å². The molecule has 7 heteroatoms. The molecular weight excluding hydrogens is 274 g/mol. The summed E-state index contributed by atoms with van der Waals surface area (Å²) < 4.78 is 0. The first kappa shape index (κ1) is 13.1. The second kappa shape index (κ2) is 5.62. The minimum atomic E-state index is -0.198. The molecule has 0 aromatic carbocycles. The third-order valence-electron chi connectivity index (χ3n) is 2.99. The summed E-state index contributed by atoms with van der Waals surface area (Å²) in [6.45, 7) is 1.87. The lowest BCUT2D eigenvalue weighted by Crippen LogP contribution is -2.32. The van der Waals surface area contributed by atoms with E-state index in [1.54, 1.807) is 12.4 Å². The van der Waals surface area contributed by atoms with Crippen LogP contribution >= 0.6 is 11.8 Å². The van der Waals surface area contributed by atoms with E-state index in [-0.39, 0.29) is 11.2 Å². The summed E-state index contributed by atoms with van der Waals surface area (Å²) in [5.41, 5.74) is 0.925. The van der Waals surface area contributed by atoms with Gasteiger partial charge in [0.2, 0.25) is 11.1 Å². The Morgan fingerprint density at radius 3 is 2.90 bits per heavy atom. The maximum atomic E-state index is 11.9. The molecule has 2 aromatic rings.